The second-order valence-corrected chi connectivity index (χ2v) is 3.08. The Labute approximate surface area is 94.8 Å². The van der Waals surface area contributed by atoms with Gasteiger partial charge < -0.3 is 9.84 Å². The maximum absolute atomic E-state index is 12.7. The monoisotopic (exact) mass is 251 g/mol. The molecule has 0 saturated carbocycles. The molecule has 0 atom stereocenters. The topological polar surface area (TPSA) is 59.4 Å². The van der Waals surface area contributed by atoms with E-state index in [1.807, 2.05) is 0 Å². The molecule has 0 bridgehead atoms. The van der Waals surface area contributed by atoms with Gasteiger partial charge in [-0.25, -0.2) is 18.6 Å². The van der Waals surface area contributed by atoms with E-state index in [4.69, 9.17) is 21.4 Å². The van der Waals surface area contributed by atoms with Gasteiger partial charge in [0.15, 0.2) is 0 Å². The number of halogens is 3. The lowest BCUT2D eigenvalue weighted by molar-refractivity contribution is 0.0683. The summed E-state index contributed by atoms with van der Waals surface area (Å²) in [4.78, 5) is 14.5. The van der Waals surface area contributed by atoms with Crippen LogP contribution >= 0.6 is 11.6 Å². The summed E-state index contributed by atoms with van der Waals surface area (Å²) in [6.07, 6.45) is -2.95. The van der Waals surface area contributed by atoms with Crippen LogP contribution < -0.4 is 4.74 Å². The van der Waals surface area contributed by atoms with E-state index >= 15 is 0 Å². The van der Waals surface area contributed by atoms with E-state index in [1.54, 1.807) is 0 Å². The highest BCUT2D eigenvalue weighted by molar-refractivity contribution is 6.17. The average molecular weight is 252 g/mol. The molecule has 7 heteroatoms. The van der Waals surface area contributed by atoms with Crippen LogP contribution in [0.2, 0.25) is 0 Å². The number of ether oxygens (including phenoxy) is 1. The van der Waals surface area contributed by atoms with Crippen molar-refractivity contribution in [3.05, 3.63) is 22.9 Å². The first-order chi connectivity index (χ1) is 7.51. The van der Waals surface area contributed by atoms with Crippen LogP contribution in [0.5, 0.6) is 5.88 Å². The Bertz CT molecular complexity index is 412. The summed E-state index contributed by atoms with van der Waals surface area (Å²) in [5.41, 5.74) is -1.39. The standard InChI is InChI=1S/C9H8ClF2NO3/c1-16-6-2-4(9(14)15)7(8(11)12)5(3-10)13-6/h2,8H,3H2,1H3,(H,14,15). The van der Waals surface area contributed by atoms with Crippen molar-refractivity contribution >= 4 is 17.6 Å². The molecule has 0 radical (unpaired) electrons. The molecule has 1 heterocycles. The van der Waals surface area contributed by atoms with Crippen molar-refractivity contribution < 1.29 is 23.4 Å². The van der Waals surface area contributed by atoms with Gasteiger partial charge in [-0.3, -0.25) is 0 Å². The van der Waals surface area contributed by atoms with Gasteiger partial charge in [0, 0.05) is 6.07 Å². The summed E-state index contributed by atoms with van der Waals surface area (Å²) in [7, 11) is 1.26. The first-order valence-electron chi connectivity index (χ1n) is 4.16. The largest absolute Gasteiger partial charge is 0.481 e. The first kappa shape index (κ1) is 12.6. The van der Waals surface area contributed by atoms with Crippen LogP contribution in [0.15, 0.2) is 6.07 Å². The zero-order valence-corrected chi connectivity index (χ0v) is 8.96. The van der Waals surface area contributed by atoms with Crippen molar-refractivity contribution in [1.82, 2.24) is 4.98 Å². The van der Waals surface area contributed by atoms with E-state index in [-0.39, 0.29) is 17.5 Å². The molecule has 0 aliphatic rings. The number of carboxylic acids is 1. The molecule has 0 aliphatic heterocycles. The molecule has 0 fully saturated rings. The van der Waals surface area contributed by atoms with Crippen LogP contribution in [0.25, 0.3) is 0 Å². The highest BCUT2D eigenvalue weighted by atomic mass is 35.5. The Morgan fingerprint density at radius 1 is 1.69 bits per heavy atom. The number of nitrogens with zero attached hydrogens (tertiary/aromatic N) is 1. The average Bonchev–Trinajstić information content (AvgIpc) is 2.26. The van der Waals surface area contributed by atoms with Crippen LogP contribution in [-0.2, 0) is 5.88 Å². The van der Waals surface area contributed by atoms with Gasteiger partial charge in [0.2, 0.25) is 5.88 Å². The number of aromatic nitrogens is 1. The molecule has 1 rings (SSSR count). The van der Waals surface area contributed by atoms with E-state index in [9.17, 15) is 13.6 Å². The summed E-state index contributed by atoms with van der Waals surface area (Å²) in [5.74, 6) is -1.84. The molecule has 1 N–H and O–H groups in total. The fourth-order valence-corrected chi connectivity index (χ4v) is 1.41. The van der Waals surface area contributed by atoms with E-state index in [0.29, 0.717) is 0 Å². The minimum absolute atomic E-state index is 0.0579. The molecule has 1 aromatic rings. The van der Waals surface area contributed by atoms with Crippen LogP contribution in [0, 0.1) is 0 Å². The highest BCUT2D eigenvalue weighted by Crippen LogP contribution is 2.29. The molecule has 0 saturated heterocycles. The number of carboxylic acid groups (broad SMARTS) is 1. The number of methoxy groups -OCH3 is 1. The maximum atomic E-state index is 12.7. The van der Waals surface area contributed by atoms with Crippen molar-refractivity contribution in [2.24, 2.45) is 0 Å². The van der Waals surface area contributed by atoms with Crippen molar-refractivity contribution in [1.29, 1.82) is 0 Å². The Kier molecular flexibility index (Phi) is 4.00. The summed E-state index contributed by atoms with van der Waals surface area (Å²) in [5, 5.41) is 8.79. The van der Waals surface area contributed by atoms with Gasteiger partial charge in [-0.2, -0.15) is 0 Å². The summed E-state index contributed by atoms with van der Waals surface area (Å²) >= 11 is 5.44. The number of pyridine rings is 1. The molecule has 0 spiro atoms. The predicted octanol–water partition coefficient (Wildman–Crippen LogP) is 2.46. The molecule has 16 heavy (non-hydrogen) atoms. The van der Waals surface area contributed by atoms with Gasteiger partial charge in [-0.1, -0.05) is 0 Å². The molecule has 88 valence electrons. The van der Waals surface area contributed by atoms with Crippen molar-refractivity contribution in [3.63, 3.8) is 0 Å². The van der Waals surface area contributed by atoms with Crippen LogP contribution in [-0.4, -0.2) is 23.2 Å². The van der Waals surface area contributed by atoms with Gasteiger partial charge in [0.1, 0.15) is 0 Å². The fourth-order valence-electron chi connectivity index (χ4n) is 1.21. The van der Waals surface area contributed by atoms with E-state index in [1.165, 1.54) is 7.11 Å². The molecule has 0 aromatic carbocycles. The van der Waals surface area contributed by atoms with Gasteiger partial charge in [-0.05, 0) is 0 Å². The van der Waals surface area contributed by atoms with E-state index in [2.05, 4.69) is 4.98 Å². The summed E-state index contributed by atoms with van der Waals surface area (Å²) < 4.78 is 30.0. The maximum Gasteiger partial charge on any atom is 0.336 e. The quantitative estimate of drug-likeness (QED) is 0.835. The number of rotatable bonds is 4. The second kappa shape index (κ2) is 5.07. The highest BCUT2D eigenvalue weighted by Gasteiger charge is 2.24. The fraction of sp³-hybridized carbons (Fsp3) is 0.333. The zero-order chi connectivity index (χ0) is 12.3. The molecule has 0 unspecified atom stereocenters. The van der Waals surface area contributed by atoms with Gasteiger partial charge in [0.05, 0.1) is 29.8 Å². The molecule has 1 aromatic heterocycles. The van der Waals surface area contributed by atoms with Crippen molar-refractivity contribution in [2.75, 3.05) is 7.11 Å². The Balaban J connectivity index is 3.47. The third-order valence-corrected chi connectivity index (χ3v) is 2.15. The summed E-state index contributed by atoms with van der Waals surface area (Å²) in [6, 6.07) is 0.944. The van der Waals surface area contributed by atoms with Gasteiger partial charge in [-0.15, -0.1) is 11.6 Å². The molecule has 4 nitrogen and oxygen atoms in total. The minimum Gasteiger partial charge on any atom is -0.481 e. The number of carbonyl (C=O) groups is 1. The minimum atomic E-state index is -2.95. The lowest BCUT2D eigenvalue weighted by atomic mass is 10.1. The van der Waals surface area contributed by atoms with E-state index < -0.39 is 23.5 Å². The van der Waals surface area contributed by atoms with E-state index in [0.717, 1.165) is 6.07 Å². The SMILES string of the molecule is COc1cc(C(=O)O)c(C(F)F)c(CCl)n1. The number of hydrogen-bond donors (Lipinski definition) is 1. The predicted molar refractivity (Wildman–Crippen MR) is 52.3 cm³/mol. The number of aromatic carboxylic acids is 1. The van der Waals surface area contributed by atoms with Crippen LogP contribution in [0.1, 0.15) is 28.0 Å². The molecular formula is C9H8ClF2NO3. The first-order valence-corrected chi connectivity index (χ1v) is 4.70. The Morgan fingerprint density at radius 3 is 2.69 bits per heavy atom. The van der Waals surface area contributed by atoms with Crippen LogP contribution in [0.4, 0.5) is 8.78 Å². The van der Waals surface area contributed by atoms with Crippen molar-refractivity contribution in [3.8, 4) is 5.88 Å². The molecular weight excluding hydrogens is 244 g/mol. The van der Waals surface area contributed by atoms with Gasteiger partial charge >= 0.3 is 5.97 Å². The Hall–Kier alpha value is -1.43. The molecule has 0 amide bonds. The van der Waals surface area contributed by atoms with Crippen molar-refractivity contribution in [2.45, 2.75) is 12.3 Å². The third kappa shape index (κ3) is 2.38. The second-order valence-electron chi connectivity index (χ2n) is 2.81. The number of alkyl halides is 3. The molecule has 0 aliphatic carbocycles. The smallest absolute Gasteiger partial charge is 0.336 e. The normalized spacial score (nSPS) is 10.6. The Morgan fingerprint density at radius 2 is 2.31 bits per heavy atom. The summed E-state index contributed by atoms with van der Waals surface area (Å²) in [6.45, 7) is 0. The third-order valence-electron chi connectivity index (χ3n) is 1.90. The lowest BCUT2D eigenvalue weighted by Crippen LogP contribution is -2.09. The van der Waals surface area contributed by atoms with Crippen LogP contribution in [0.3, 0.4) is 0 Å². The number of hydrogen-bond acceptors (Lipinski definition) is 3. The van der Waals surface area contributed by atoms with Gasteiger partial charge in [0.25, 0.3) is 6.43 Å². The zero-order valence-electron chi connectivity index (χ0n) is 8.21. The lowest BCUT2D eigenvalue weighted by Gasteiger charge is -2.11.